The van der Waals surface area contributed by atoms with Crippen molar-refractivity contribution < 1.29 is 19.0 Å². The van der Waals surface area contributed by atoms with Gasteiger partial charge in [-0.2, -0.15) is 0 Å². The van der Waals surface area contributed by atoms with Crippen LogP contribution in [0.1, 0.15) is 15.9 Å². The van der Waals surface area contributed by atoms with E-state index in [1.165, 1.54) is 5.56 Å². The van der Waals surface area contributed by atoms with Crippen molar-refractivity contribution in [2.45, 2.75) is 6.42 Å². The first-order chi connectivity index (χ1) is 13.6. The Labute approximate surface area is 166 Å². The van der Waals surface area contributed by atoms with Crippen LogP contribution < -0.4 is 14.2 Å². The predicted molar refractivity (Wildman–Crippen MR) is 109 cm³/mol. The largest absolute Gasteiger partial charge is 0.497 e. The molecule has 1 amide bonds. The van der Waals surface area contributed by atoms with Gasteiger partial charge >= 0.3 is 0 Å². The Bertz CT molecular complexity index is 761. The van der Waals surface area contributed by atoms with Crippen LogP contribution >= 0.6 is 0 Å². The van der Waals surface area contributed by atoms with Gasteiger partial charge < -0.3 is 19.1 Å². The first kappa shape index (κ1) is 20.0. The van der Waals surface area contributed by atoms with Crippen LogP contribution in [0.3, 0.4) is 0 Å². The minimum atomic E-state index is 0.0204. The minimum absolute atomic E-state index is 0.0204. The monoisotopic (exact) mass is 384 g/mol. The molecular formula is C22H28N2O4. The molecule has 6 nitrogen and oxygen atoms in total. The number of methoxy groups -OCH3 is 3. The second-order valence-corrected chi connectivity index (χ2v) is 6.83. The smallest absolute Gasteiger partial charge is 0.254 e. The number of amides is 1. The Morgan fingerprint density at radius 2 is 1.39 bits per heavy atom. The van der Waals surface area contributed by atoms with Gasteiger partial charge in [0.25, 0.3) is 5.91 Å². The molecule has 0 atom stereocenters. The highest BCUT2D eigenvalue weighted by Gasteiger charge is 2.23. The van der Waals surface area contributed by atoms with Crippen LogP contribution in [-0.4, -0.2) is 69.8 Å². The van der Waals surface area contributed by atoms with E-state index < -0.39 is 0 Å². The fourth-order valence-electron chi connectivity index (χ4n) is 3.37. The second kappa shape index (κ2) is 9.46. The second-order valence-electron chi connectivity index (χ2n) is 6.83. The van der Waals surface area contributed by atoms with Crippen LogP contribution in [-0.2, 0) is 6.42 Å². The first-order valence-electron chi connectivity index (χ1n) is 9.50. The third kappa shape index (κ3) is 4.95. The molecule has 6 heteroatoms. The van der Waals surface area contributed by atoms with Crippen molar-refractivity contribution in [3.05, 3.63) is 53.6 Å². The van der Waals surface area contributed by atoms with Gasteiger partial charge in [-0.3, -0.25) is 9.69 Å². The number of ether oxygens (including phenoxy) is 3. The van der Waals surface area contributed by atoms with E-state index >= 15 is 0 Å². The fraction of sp³-hybridized carbons (Fsp3) is 0.409. The van der Waals surface area contributed by atoms with Gasteiger partial charge in [-0.05, 0) is 36.2 Å². The minimum Gasteiger partial charge on any atom is -0.497 e. The van der Waals surface area contributed by atoms with E-state index in [2.05, 4.69) is 17.0 Å². The normalized spacial score (nSPS) is 14.6. The zero-order valence-corrected chi connectivity index (χ0v) is 16.8. The highest BCUT2D eigenvalue weighted by molar-refractivity contribution is 5.95. The van der Waals surface area contributed by atoms with E-state index in [1.807, 2.05) is 17.0 Å². The Balaban J connectivity index is 1.52. The number of carbonyl (C=O) groups excluding carboxylic acids is 1. The first-order valence-corrected chi connectivity index (χ1v) is 9.50. The summed E-state index contributed by atoms with van der Waals surface area (Å²) >= 11 is 0. The van der Waals surface area contributed by atoms with Crippen molar-refractivity contribution >= 4 is 5.91 Å². The van der Waals surface area contributed by atoms with Crippen molar-refractivity contribution in [2.75, 3.05) is 54.1 Å². The Morgan fingerprint density at radius 3 is 1.93 bits per heavy atom. The summed E-state index contributed by atoms with van der Waals surface area (Å²) in [5.74, 6) is 2.15. The van der Waals surface area contributed by atoms with Crippen LogP contribution in [0.25, 0.3) is 0 Å². The number of benzene rings is 2. The van der Waals surface area contributed by atoms with Gasteiger partial charge in [0.2, 0.25) is 0 Å². The number of hydrogen-bond acceptors (Lipinski definition) is 5. The molecule has 0 saturated carbocycles. The Morgan fingerprint density at radius 1 is 0.821 bits per heavy atom. The summed E-state index contributed by atoms with van der Waals surface area (Å²) in [6.45, 7) is 4.19. The van der Waals surface area contributed by atoms with Gasteiger partial charge in [-0.15, -0.1) is 0 Å². The van der Waals surface area contributed by atoms with Gasteiger partial charge in [0.1, 0.15) is 17.2 Å². The molecule has 2 aromatic rings. The van der Waals surface area contributed by atoms with Crippen molar-refractivity contribution in [3.63, 3.8) is 0 Å². The lowest BCUT2D eigenvalue weighted by atomic mass is 10.1. The number of piperazine rings is 1. The summed E-state index contributed by atoms with van der Waals surface area (Å²) in [6.07, 6.45) is 0.991. The summed E-state index contributed by atoms with van der Waals surface area (Å²) in [4.78, 5) is 17.2. The molecule has 1 heterocycles. The third-order valence-electron chi connectivity index (χ3n) is 5.13. The lowest BCUT2D eigenvalue weighted by Crippen LogP contribution is -2.49. The molecule has 0 radical (unpaired) electrons. The highest BCUT2D eigenvalue weighted by Crippen LogP contribution is 2.24. The summed E-state index contributed by atoms with van der Waals surface area (Å²) in [6, 6.07) is 13.5. The maximum absolute atomic E-state index is 12.9. The van der Waals surface area contributed by atoms with Crippen molar-refractivity contribution in [3.8, 4) is 17.2 Å². The molecule has 2 aromatic carbocycles. The van der Waals surface area contributed by atoms with Crippen molar-refractivity contribution in [2.24, 2.45) is 0 Å². The van der Waals surface area contributed by atoms with E-state index in [9.17, 15) is 4.79 Å². The summed E-state index contributed by atoms with van der Waals surface area (Å²) < 4.78 is 15.7. The van der Waals surface area contributed by atoms with Gasteiger partial charge in [0.15, 0.2) is 0 Å². The van der Waals surface area contributed by atoms with Crippen LogP contribution in [0, 0.1) is 0 Å². The van der Waals surface area contributed by atoms with Crippen molar-refractivity contribution in [1.82, 2.24) is 9.80 Å². The highest BCUT2D eigenvalue weighted by atomic mass is 16.5. The molecule has 0 aromatic heterocycles. The molecule has 0 aliphatic carbocycles. The lowest BCUT2D eigenvalue weighted by Gasteiger charge is -2.34. The predicted octanol–water partition coefficient (Wildman–Crippen LogP) is 2.71. The van der Waals surface area contributed by atoms with Crippen molar-refractivity contribution in [1.29, 1.82) is 0 Å². The fourth-order valence-corrected chi connectivity index (χ4v) is 3.37. The Kier molecular flexibility index (Phi) is 6.76. The molecule has 1 aliphatic rings. The SMILES string of the molecule is COc1ccc(CCN2CCN(C(=O)c3cc(OC)cc(OC)c3)CC2)cc1. The quantitative estimate of drug-likeness (QED) is 0.735. The third-order valence-corrected chi connectivity index (χ3v) is 5.13. The van der Waals surface area contributed by atoms with E-state index in [0.717, 1.165) is 44.9 Å². The topological polar surface area (TPSA) is 51.2 Å². The van der Waals surface area contributed by atoms with Crippen LogP contribution in [0.4, 0.5) is 0 Å². The average Bonchev–Trinajstić information content (AvgIpc) is 2.77. The Hall–Kier alpha value is -2.73. The van der Waals surface area contributed by atoms with E-state index in [4.69, 9.17) is 14.2 Å². The maximum atomic E-state index is 12.9. The zero-order chi connectivity index (χ0) is 19.9. The summed E-state index contributed by atoms with van der Waals surface area (Å²) in [5.41, 5.74) is 1.89. The zero-order valence-electron chi connectivity index (χ0n) is 16.8. The average molecular weight is 384 g/mol. The number of nitrogens with zero attached hydrogens (tertiary/aromatic N) is 2. The van der Waals surface area contributed by atoms with Crippen LogP contribution in [0.5, 0.6) is 17.2 Å². The molecule has 1 fully saturated rings. The molecule has 1 aliphatic heterocycles. The molecular weight excluding hydrogens is 356 g/mol. The van der Waals surface area contributed by atoms with Gasteiger partial charge in [0.05, 0.1) is 21.3 Å². The van der Waals surface area contributed by atoms with E-state index in [1.54, 1.807) is 39.5 Å². The molecule has 1 saturated heterocycles. The van der Waals surface area contributed by atoms with Gasteiger partial charge in [-0.25, -0.2) is 0 Å². The standard InChI is InChI=1S/C22H28N2O4/c1-26-19-6-4-17(5-7-19)8-9-23-10-12-24(13-11-23)22(25)18-14-20(27-2)16-21(15-18)28-3/h4-7,14-16H,8-13H2,1-3H3. The van der Waals surface area contributed by atoms with E-state index in [-0.39, 0.29) is 5.91 Å². The number of hydrogen-bond donors (Lipinski definition) is 0. The molecule has 0 spiro atoms. The molecule has 0 bridgehead atoms. The number of rotatable bonds is 7. The van der Waals surface area contributed by atoms with Gasteiger partial charge in [-0.1, -0.05) is 12.1 Å². The summed E-state index contributed by atoms with van der Waals surface area (Å²) in [5, 5.41) is 0. The van der Waals surface area contributed by atoms with Crippen LogP contribution in [0.2, 0.25) is 0 Å². The number of carbonyl (C=O) groups is 1. The maximum Gasteiger partial charge on any atom is 0.254 e. The molecule has 3 rings (SSSR count). The van der Waals surface area contributed by atoms with E-state index in [0.29, 0.717) is 17.1 Å². The van der Waals surface area contributed by atoms with Crippen LogP contribution in [0.15, 0.2) is 42.5 Å². The molecule has 150 valence electrons. The lowest BCUT2D eigenvalue weighted by molar-refractivity contribution is 0.0638. The molecule has 0 unspecified atom stereocenters. The molecule has 28 heavy (non-hydrogen) atoms. The summed E-state index contributed by atoms with van der Waals surface area (Å²) in [7, 11) is 4.85. The molecule has 0 N–H and O–H groups in total. The van der Waals surface area contributed by atoms with Gasteiger partial charge in [0, 0.05) is 44.4 Å².